The molecule has 6 nitrogen and oxygen atoms in total. The van der Waals surface area contributed by atoms with E-state index in [4.69, 9.17) is 9.15 Å². The number of anilines is 2. The van der Waals surface area contributed by atoms with Gasteiger partial charge in [-0.1, -0.05) is 30.3 Å². The number of furan rings is 1. The highest BCUT2D eigenvalue weighted by atomic mass is 16.5. The average Bonchev–Trinajstić information content (AvgIpc) is 3.18. The van der Waals surface area contributed by atoms with Gasteiger partial charge in [-0.2, -0.15) is 0 Å². The highest BCUT2D eigenvalue weighted by Gasteiger charge is 2.14. The molecule has 26 heavy (non-hydrogen) atoms. The van der Waals surface area contributed by atoms with Gasteiger partial charge in [-0.25, -0.2) is 0 Å². The summed E-state index contributed by atoms with van der Waals surface area (Å²) in [5, 5.41) is 5.55. The second-order valence-electron chi connectivity index (χ2n) is 5.55. The normalized spacial score (nSPS) is 10.2. The van der Waals surface area contributed by atoms with Gasteiger partial charge in [0.1, 0.15) is 5.75 Å². The Hall–Kier alpha value is -3.54. The van der Waals surface area contributed by atoms with Crippen LogP contribution in [0.1, 0.15) is 16.1 Å². The third-order valence-corrected chi connectivity index (χ3v) is 3.70. The molecule has 1 aromatic heterocycles. The molecule has 0 radical (unpaired) electrons. The van der Waals surface area contributed by atoms with Gasteiger partial charge in [-0.3, -0.25) is 9.59 Å². The minimum absolute atomic E-state index is 0.183. The Labute approximate surface area is 150 Å². The summed E-state index contributed by atoms with van der Waals surface area (Å²) in [6, 6.07) is 17.6. The van der Waals surface area contributed by atoms with Crippen molar-refractivity contribution in [2.24, 2.45) is 0 Å². The summed E-state index contributed by atoms with van der Waals surface area (Å²) in [6.45, 7) is 0. The smallest absolute Gasteiger partial charge is 0.291 e. The molecule has 0 fully saturated rings. The first kappa shape index (κ1) is 17.3. The zero-order valence-electron chi connectivity index (χ0n) is 14.2. The van der Waals surface area contributed by atoms with E-state index in [0.29, 0.717) is 17.1 Å². The molecule has 0 saturated heterocycles. The fourth-order valence-electron chi connectivity index (χ4n) is 2.43. The molecule has 3 rings (SSSR count). The molecule has 0 atom stereocenters. The van der Waals surface area contributed by atoms with Gasteiger partial charge in [0.25, 0.3) is 5.91 Å². The fraction of sp³-hybridized carbons (Fsp3) is 0.100. The van der Waals surface area contributed by atoms with Gasteiger partial charge in [-0.15, -0.1) is 0 Å². The number of amides is 2. The highest BCUT2D eigenvalue weighted by molar-refractivity contribution is 6.06. The second kappa shape index (κ2) is 8.02. The molecule has 0 unspecified atom stereocenters. The van der Waals surface area contributed by atoms with Crippen LogP contribution in [-0.4, -0.2) is 18.9 Å². The lowest BCUT2D eigenvalue weighted by atomic mass is 10.1. The Morgan fingerprint density at radius 1 is 0.962 bits per heavy atom. The topological polar surface area (TPSA) is 80.6 Å². The summed E-state index contributed by atoms with van der Waals surface area (Å²) in [7, 11) is 1.53. The van der Waals surface area contributed by atoms with Crippen molar-refractivity contribution in [2.45, 2.75) is 6.42 Å². The van der Waals surface area contributed by atoms with E-state index in [0.717, 1.165) is 5.56 Å². The molecule has 6 heteroatoms. The zero-order valence-corrected chi connectivity index (χ0v) is 14.2. The Kier molecular flexibility index (Phi) is 5.34. The molecule has 0 aliphatic rings. The van der Waals surface area contributed by atoms with Gasteiger partial charge in [-0.05, 0) is 29.8 Å². The van der Waals surface area contributed by atoms with Crippen molar-refractivity contribution >= 4 is 23.2 Å². The summed E-state index contributed by atoms with van der Waals surface area (Å²) >= 11 is 0. The minimum Gasteiger partial charge on any atom is -0.497 e. The van der Waals surface area contributed by atoms with Crippen molar-refractivity contribution in [1.29, 1.82) is 0 Å². The number of carbonyl (C=O) groups excluding carboxylic acids is 2. The number of carbonyl (C=O) groups is 2. The molecule has 3 aromatic rings. The summed E-state index contributed by atoms with van der Waals surface area (Å²) in [5.41, 5.74) is 1.80. The van der Waals surface area contributed by atoms with Crippen LogP contribution in [0.3, 0.4) is 0 Å². The van der Waals surface area contributed by atoms with E-state index in [-0.39, 0.29) is 18.1 Å². The van der Waals surface area contributed by atoms with Crippen molar-refractivity contribution in [3.05, 3.63) is 78.3 Å². The first-order valence-corrected chi connectivity index (χ1v) is 8.02. The largest absolute Gasteiger partial charge is 0.497 e. The van der Waals surface area contributed by atoms with Crippen LogP contribution in [0.4, 0.5) is 11.4 Å². The van der Waals surface area contributed by atoms with Crippen molar-refractivity contribution in [3.63, 3.8) is 0 Å². The third-order valence-electron chi connectivity index (χ3n) is 3.70. The van der Waals surface area contributed by atoms with Crippen molar-refractivity contribution in [2.75, 3.05) is 17.7 Å². The van der Waals surface area contributed by atoms with Crippen LogP contribution >= 0.6 is 0 Å². The van der Waals surface area contributed by atoms with Crippen LogP contribution in [0.2, 0.25) is 0 Å². The zero-order chi connectivity index (χ0) is 18.4. The number of methoxy groups -OCH3 is 1. The second-order valence-corrected chi connectivity index (χ2v) is 5.55. The van der Waals surface area contributed by atoms with E-state index in [1.165, 1.54) is 13.4 Å². The number of benzene rings is 2. The van der Waals surface area contributed by atoms with E-state index >= 15 is 0 Å². The number of hydrogen-bond donors (Lipinski definition) is 2. The average molecular weight is 350 g/mol. The fourth-order valence-corrected chi connectivity index (χ4v) is 2.43. The molecule has 0 bridgehead atoms. The van der Waals surface area contributed by atoms with E-state index < -0.39 is 5.91 Å². The number of rotatable bonds is 6. The molecule has 1 heterocycles. The van der Waals surface area contributed by atoms with Crippen molar-refractivity contribution < 1.29 is 18.7 Å². The maximum Gasteiger partial charge on any atom is 0.291 e. The van der Waals surface area contributed by atoms with Crippen LogP contribution in [0.25, 0.3) is 0 Å². The van der Waals surface area contributed by atoms with Crippen molar-refractivity contribution in [1.82, 2.24) is 0 Å². The molecule has 0 aliphatic carbocycles. The van der Waals surface area contributed by atoms with Gasteiger partial charge in [0.2, 0.25) is 5.91 Å². The predicted molar refractivity (Wildman–Crippen MR) is 98.4 cm³/mol. The summed E-state index contributed by atoms with van der Waals surface area (Å²) in [5.74, 6) is 0.148. The lowest BCUT2D eigenvalue weighted by molar-refractivity contribution is -0.115. The number of nitrogens with one attached hydrogen (secondary N) is 2. The molecule has 132 valence electrons. The maximum absolute atomic E-state index is 12.4. The van der Waals surface area contributed by atoms with Crippen LogP contribution in [0.5, 0.6) is 5.75 Å². The number of hydrogen-bond acceptors (Lipinski definition) is 4. The molecule has 2 N–H and O–H groups in total. The summed E-state index contributed by atoms with van der Waals surface area (Å²) < 4.78 is 10.3. The Bertz CT molecular complexity index is 889. The Balaban J connectivity index is 1.77. The first-order chi connectivity index (χ1) is 12.7. The minimum atomic E-state index is -0.404. The lowest BCUT2D eigenvalue weighted by Crippen LogP contribution is -2.18. The third kappa shape index (κ3) is 4.30. The molecule has 0 aliphatic heterocycles. The molecular formula is C20H18N2O4. The molecule has 0 spiro atoms. The van der Waals surface area contributed by atoms with Crippen LogP contribution in [0, 0.1) is 0 Å². The van der Waals surface area contributed by atoms with Crippen LogP contribution < -0.4 is 15.4 Å². The highest BCUT2D eigenvalue weighted by Crippen LogP contribution is 2.28. The van der Waals surface area contributed by atoms with Gasteiger partial charge in [0.15, 0.2) is 5.76 Å². The molecule has 2 aromatic carbocycles. The van der Waals surface area contributed by atoms with Gasteiger partial charge in [0.05, 0.1) is 31.2 Å². The first-order valence-electron chi connectivity index (χ1n) is 8.02. The van der Waals surface area contributed by atoms with E-state index in [1.807, 2.05) is 30.3 Å². The van der Waals surface area contributed by atoms with E-state index in [2.05, 4.69) is 10.6 Å². The van der Waals surface area contributed by atoms with E-state index in [1.54, 1.807) is 30.3 Å². The van der Waals surface area contributed by atoms with Crippen molar-refractivity contribution in [3.8, 4) is 5.75 Å². The Morgan fingerprint density at radius 2 is 1.77 bits per heavy atom. The lowest BCUT2D eigenvalue weighted by Gasteiger charge is -2.13. The summed E-state index contributed by atoms with van der Waals surface area (Å²) in [4.78, 5) is 24.6. The van der Waals surface area contributed by atoms with Crippen LogP contribution in [-0.2, 0) is 11.2 Å². The van der Waals surface area contributed by atoms with Crippen LogP contribution in [0.15, 0.2) is 71.3 Å². The molecular weight excluding hydrogens is 332 g/mol. The summed E-state index contributed by atoms with van der Waals surface area (Å²) in [6.07, 6.45) is 1.65. The van der Waals surface area contributed by atoms with Gasteiger partial charge >= 0.3 is 0 Å². The molecule has 2 amide bonds. The van der Waals surface area contributed by atoms with Gasteiger partial charge in [0, 0.05) is 6.07 Å². The predicted octanol–water partition coefficient (Wildman–Crippen LogP) is 3.72. The molecule has 0 saturated carbocycles. The van der Waals surface area contributed by atoms with E-state index in [9.17, 15) is 9.59 Å². The SMILES string of the molecule is COc1ccc(NC(=O)c2ccco2)c(NC(=O)Cc2ccccc2)c1. The van der Waals surface area contributed by atoms with Gasteiger partial charge < -0.3 is 19.8 Å². The maximum atomic E-state index is 12.4. The Morgan fingerprint density at radius 3 is 2.46 bits per heavy atom. The standard InChI is InChI=1S/C20H18N2O4/c1-25-15-9-10-16(22-20(24)18-8-5-11-26-18)17(13-15)21-19(23)12-14-6-3-2-4-7-14/h2-11,13H,12H2,1H3,(H,21,23)(H,22,24). The number of ether oxygens (including phenoxy) is 1. The monoisotopic (exact) mass is 350 g/mol. The quantitative estimate of drug-likeness (QED) is 0.710.